The normalized spacial score (nSPS) is 13.8. The van der Waals surface area contributed by atoms with Crippen LogP contribution in [0.3, 0.4) is 0 Å². The van der Waals surface area contributed by atoms with Crippen molar-refractivity contribution in [1.29, 1.82) is 0 Å². The summed E-state index contributed by atoms with van der Waals surface area (Å²) in [5, 5.41) is 13.7. The van der Waals surface area contributed by atoms with Crippen molar-refractivity contribution in [3.05, 3.63) is 33.8 Å². The number of methoxy groups -OCH3 is 1. The molecule has 0 saturated heterocycles. The van der Waals surface area contributed by atoms with Crippen LogP contribution in [0, 0.1) is 5.92 Å². The van der Waals surface area contributed by atoms with E-state index in [1.54, 1.807) is 25.3 Å². The second kappa shape index (κ2) is 9.26. The van der Waals surface area contributed by atoms with Crippen LogP contribution in [0.2, 0.25) is 10.0 Å². The Bertz CT molecular complexity index is 448. The highest BCUT2D eigenvalue weighted by Crippen LogP contribution is 2.23. The molecule has 0 radical (unpaired) electrons. The van der Waals surface area contributed by atoms with E-state index in [4.69, 9.17) is 27.9 Å². The molecule has 0 heterocycles. The van der Waals surface area contributed by atoms with Gasteiger partial charge in [0, 0.05) is 36.2 Å². The highest BCUT2D eigenvalue weighted by Gasteiger charge is 2.15. The van der Waals surface area contributed by atoms with Crippen molar-refractivity contribution in [3.63, 3.8) is 0 Å². The van der Waals surface area contributed by atoms with Gasteiger partial charge in [-0.15, -0.1) is 0 Å². The summed E-state index contributed by atoms with van der Waals surface area (Å²) >= 11 is 11.8. The van der Waals surface area contributed by atoms with Gasteiger partial charge >= 0.3 is 0 Å². The zero-order valence-corrected chi connectivity index (χ0v) is 13.7. The second-order valence-corrected chi connectivity index (χ2v) is 5.87. The number of hydrogen-bond acceptors (Lipinski definition) is 3. The first-order chi connectivity index (χ1) is 9.93. The van der Waals surface area contributed by atoms with Gasteiger partial charge in [-0.05, 0) is 36.6 Å². The number of benzene rings is 1. The van der Waals surface area contributed by atoms with E-state index in [-0.39, 0.29) is 18.4 Å². The second-order valence-electron chi connectivity index (χ2n) is 5.00. The van der Waals surface area contributed by atoms with E-state index < -0.39 is 6.10 Å². The zero-order valence-electron chi connectivity index (χ0n) is 12.2. The smallest absolute Gasteiger partial charge is 0.222 e. The van der Waals surface area contributed by atoms with E-state index >= 15 is 0 Å². The zero-order chi connectivity index (χ0) is 15.8. The molecule has 2 unspecified atom stereocenters. The average molecular weight is 334 g/mol. The van der Waals surface area contributed by atoms with E-state index in [0.717, 1.165) is 12.8 Å². The Morgan fingerprint density at radius 1 is 1.33 bits per heavy atom. The van der Waals surface area contributed by atoms with Gasteiger partial charge in [-0.1, -0.05) is 30.1 Å². The van der Waals surface area contributed by atoms with Crippen LogP contribution in [0.4, 0.5) is 0 Å². The number of halogens is 2. The molecule has 2 atom stereocenters. The quantitative estimate of drug-likeness (QED) is 0.718. The summed E-state index contributed by atoms with van der Waals surface area (Å²) in [7, 11) is 1.64. The van der Waals surface area contributed by atoms with Crippen LogP contribution in [0.15, 0.2) is 18.2 Å². The molecular formula is C15H21Cl2NO3. The third-order valence-corrected chi connectivity index (χ3v) is 3.61. The van der Waals surface area contributed by atoms with E-state index in [1.807, 2.05) is 6.92 Å². The molecule has 0 bridgehead atoms. The Morgan fingerprint density at radius 3 is 2.52 bits per heavy atom. The van der Waals surface area contributed by atoms with Crippen LogP contribution >= 0.6 is 23.2 Å². The molecule has 118 valence electrons. The SMILES string of the molecule is COCCCC(C)C(=O)NCC(O)c1cc(Cl)cc(Cl)c1. The summed E-state index contributed by atoms with van der Waals surface area (Å²) in [6.07, 6.45) is 0.743. The minimum Gasteiger partial charge on any atom is -0.387 e. The molecule has 6 heteroatoms. The number of aliphatic hydroxyl groups excluding tert-OH is 1. The summed E-state index contributed by atoms with van der Waals surface area (Å²) in [6, 6.07) is 4.86. The molecule has 0 spiro atoms. The Morgan fingerprint density at radius 2 is 1.95 bits per heavy atom. The predicted molar refractivity (Wildman–Crippen MR) is 84.7 cm³/mol. The summed E-state index contributed by atoms with van der Waals surface area (Å²) in [5.41, 5.74) is 0.583. The van der Waals surface area contributed by atoms with Crippen LogP contribution in [-0.4, -0.2) is 31.3 Å². The van der Waals surface area contributed by atoms with Crippen molar-refractivity contribution in [1.82, 2.24) is 5.32 Å². The third kappa shape index (κ3) is 6.66. The molecule has 0 saturated carbocycles. The van der Waals surface area contributed by atoms with E-state index in [0.29, 0.717) is 22.2 Å². The maximum atomic E-state index is 11.9. The Kier molecular flexibility index (Phi) is 8.04. The Hall–Kier alpha value is -0.810. The van der Waals surface area contributed by atoms with E-state index in [1.165, 1.54) is 0 Å². The highest BCUT2D eigenvalue weighted by atomic mass is 35.5. The van der Waals surface area contributed by atoms with Crippen molar-refractivity contribution < 1.29 is 14.6 Å². The van der Waals surface area contributed by atoms with Gasteiger partial charge in [-0.3, -0.25) is 4.79 Å². The molecule has 1 rings (SSSR count). The molecule has 0 aliphatic carbocycles. The van der Waals surface area contributed by atoms with Crippen molar-refractivity contribution in [2.45, 2.75) is 25.9 Å². The molecular weight excluding hydrogens is 313 g/mol. The number of hydrogen-bond donors (Lipinski definition) is 2. The first kappa shape index (κ1) is 18.2. The van der Waals surface area contributed by atoms with Gasteiger partial charge in [0.15, 0.2) is 0 Å². The molecule has 1 aromatic carbocycles. The lowest BCUT2D eigenvalue weighted by Gasteiger charge is -2.16. The van der Waals surface area contributed by atoms with Crippen molar-refractivity contribution in [2.24, 2.45) is 5.92 Å². The molecule has 0 aromatic heterocycles. The van der Waals surface area contributed by atoms with Gasteiger partial charge in [-0.25, -0.2) is 0 Å². The molecule has 1 aromatic rings. The van der Waals surface area contributed by atoms with Gasteiger partial charge in [0.2, 0.25) is 5.91 Å². The molecule has 2 N–H and O–H groups in total. The number of ether oxygens (including phenoxy) is 1. The third-order valence-electron chi connectivity index (χ3n) is 3.17. The monoisotopic (exact) mass is 333 g/mol. The van der Waals surface area contributed by atoms with Crippen LogP contribution in [0.25, 0.3) is 0 Å². The molecule has 0 aliphatic rings. The lowest BCUT2D eigenvalue weighted by Crippen LogP contribution is -2.32. The Labute approximate surface area is 135 Å². The molecule has 4 nitrogen and oxygen atoms in total. The fourth-order valence-corrected chi connectivity index (χ4v) is 2.46. The molecule has 21 heavy (non-hydrogen) atoms. The van der Waals surface area contributed by atoms with Crippen molar-refractivity contribution in [2.75, 3.05) is 20.3 Å². The van der Waals surface area contributed by atoms with Gasteiger partial charge in [0.05, 0.1) is 6.10 Å². The summed E-state index contributed by atoms with van der Waals surface area (Å²) in [4.78, 5) is 11.9. The number of amides is 1. The lowest BCUT2D eigenvalue weighted by atomic mass is 10.0. The maximum Gasteiger partial charge on any atom is 0.222 e. The topological polar surface area (TPSA) is 58.6 Å². The molecule has 1 amide bonds. The van der Waals surface area contributed by atoms with E-state index in [2.05, 4.69) is 5.32 Å². The van der Waals surface area contributed by atoms with Crippen LogP contribution in [0.5, 0.6) is 0 Å². The standard InChI is InChI=1S/C15H21Cl2NO3/c1-10(4-3-5-21-2)15(20)18-9-14(19)11-6-12(16)8-13(17)7-11/h6-8,10,14,19H,3-5,9H2,1-2H3,(H,18,20). The first-order valence-corrected chi connectivity index (χ1v) is 7.60. The number of carbonyl (C=O) groups excluding carboxylic acids is 1. The van der Waals surface area contributed by atoms with Crippen molar-refractivity contribution >= 4 is 29.1 Å². The van der Waals surface area contributed by atoms with Crippen LogP contribution in [-0.2, 0) is 9.53 Å². The highest BCUT2D eigenvalue weighted by molar-refractivity contribution is 6.34. The van der Waals surface area contributed by atoms with Gasteiger partial charge in [0.1, 0.15) is 0 Å². The van der Waals surface area contributed by atoms with Gasteiger partial charge in [-0.2, -0.15) is 0 Å². The fourth-order valence-electron chi connectivity index (χ4n) is 1.92. The van der Waals surface area contributed by atoms with Crippen LogP contribution in [0.1, 0.15) is 31.4 Å². The Balaban J connectivity index is 2.44. The number of nitrogens with one attached hydrogen (secondary N) is 1. The lowest BCUT2D eigenvalue weighted by molar-refractivity contribution is -0.125. The predicted octanol–water partition coefficient (Wildman–Crippen LogP) is 3.21. The van der Waals surface area contributed by atoms with Gasteiger partial charge in [0.25, 0.3) is 0 Å². The molecule has 0 aliphatic heterocycles. The number of rotatable bonds is 8. The molecule has 0 fully saturated rings. The number of carbonyl (C=O) groups is 1. The number of aliphatic hydroxyl groups is 1. The summed E-state index contributed by atoms with van der Waals surface area (Å²) < 4.78 is 4.95. The fraction of sp³-hybridized carbons (Fsp3) is 0.533. The van der Waals surface area contributed by atoms with Gasteiger partial charge < -0.3 is 15.2 Å². The first-order valence-electron chi connectivity index (χ1n) is 6.84. The summed E-state index contributed by atoms with van der Waals surface area (Å²) in [6.45, 7) is 2.62. The minimum atomic E-state index is -0.837. The minimum absolute atomic E-state index is 0.0849. The maximum absolute atomic E-state index is 11.9. The summed E-state index contributed by atoms with van der Waals surface area (Å²) in [5.74, 6) is -0.200. The van der Waals surface area contributed by atoms with Crippen LogP contribution < -0.4 is 5.32 Å². The average Bonchev–Trinajstić information content (AvgIpc) is 2.43. The van der Waals surface area contributed by atoms with E-state index in [9.17, 15) is 9.90 Å². The van der Waals surface area contributed by atoms with Crippen molar-refractivity contribution in [3.8, 4) is 0 Å². The largest absolute Gasteiger partial charge is 0.387 e.